The van der Waals surface area contributed by atoms with Gasteiger partial charge in [-0.05, 0) is 32.4 Å². The molecule has 0 amide bonds. The van der Waals surface area contributed by atoms with Crippen molar-refractivity contribution in [3.8, 4) is 0 Å². The van der Waals surface area contributed by atoms with E-state index in [1.165, 1.54) is 11.8 Å². The van der Waals surface area contributed by atoms with E-state index in [0.29, 0.717) is 23.0 Å². The van der Waals surface area contributed by atoms with E-state index in [1.807, 2.05) is 23.6 Å². The lowest BCUT2D eigenvalue weighted by Gasteiger charge is -2.09. The van der Waals surface area contributed by atoms with Crippen molar-refractivity contribution in [2.45, 2.75) is 37.7 Å². The Kier molecular flexibility index (Phi) is 3.98. The second kappa shape index (κ2) is 5.92. The Bertz CT molecular complexity index is 868. The quantitative estimate of drug-likeness (QED) is 0.749. The van der Waals surface area contributed by atoms with Crippen molar-refractivity contribution >= 4 is 22.7 Å². The standard InChI is InChI=1S/C15H17N5OS/c1-9(2)20-8-16-19-15(20)22-7-12-17-13-10(3)5-4-6-11(13)14(21)18-12/h4-6,8-9H,7H2,1-3H3,(H,17,18,21). The normalized spacial score (nSPS) is 11.5. The summed E-state index contributed by atoms with van der Waals surface area (Å²) in [6.45, 7) is 6.11. The molecule has 1 aromatic carbocycles. The fourth-order valence-corrected chi connectivity index (χ4v) is 3.16. The summed E-state index contributed by atoms with van der Waals surface area (Å²) < 4.78 is 2.00. The third-order valence-corrected chi connectivity index (χ3v) is 4.39. The number of thioether (sulfide) groups is 1. The number of rotatable bonds is 4. The van der Waals surface area contributed by atoms with Crippen molar-refractivity contribution in [1.29, 1.82) is 0 Å². The number of para-hydroxylation sites is 1. The van der Waals surface area contributed by atoms with E-state index in [0.717, 1.165) is 16.2 Å². The van der Waals surface area contributed by atoms with Crippen LogP contribution in [0.25, 0.3) is 10.9 Å². The molecule has 0 aliphatic carbocycles. The maximum atomic E-state index is 12.2. The van der Waals surface area contributed by atoms with Crippen molar-refractivity contribution in [3.63, 3.8) is 0 Å². The topological polar surface area (TPSA) is 76.5 Å². The van der Waals surface area contributed by atoms with E-state index >= 15 is 0 Å². The van der Waals surface area contributed by atoms with Crippen molar-refractivity contribution in [3.05, 3.63) is 46.3 Å². The molecule has 22 heavy (non-hydrogen) atoms. The highest BCUT2D eigenvalue weighted by atomic mass is 32.2. The number of hydrogen-bond donors (Lipinski definition) is 1. The van der Waals surface area contributed by atoms with Crippen molar-refractivity contribution in [2.24, 2.45) is 0 Å². The van der Waals surface area contributed by atoms with Crippen molar-refractivity contribution < 1.29 is 0 Å². The second-order valence-electron chi connectivity index (χ2n) is 5.39. The van der Waals surface area contributed by atoms with Gasteiger partial charge in [0.05, 0.1) is 16.7 Å². The Labute approximate surface area is 132 Å². The number of benzene rings is 1. The molecule has 6 nitrogen and oxygen atoms in total. The first kappa shape index (κ1) is 14.8. The summed E-state index contributed by atoms with van der Waals surface area (Å²) in [5.74, 6) is 1.19. The molecular weight excluding hydrogens is 298 g/mol. The number of aromatic amines is 1. The van der Waals surface area contributed by atoms with Crippen LogP contribution in [0.4, 0.5) is 0 Å². The molecule has 0 fully saturated rings. The van der Waals surface area contributed by atoms with Gasteiger partial charge in [0.1, 0.15) is 12.2 Å². The average Bonchev–Trinajstić information content (AvgIpc) is 2.95. The van der Waals surface area contributed by atoms with Gasteiger partial charge in [-0.15, -0.1) is 10.2 Å². The molecule has 7 heteroatoms. The molecule has 0 bridgehead atoms. The van der Waals surface area contributed by atoms with Crippen LogP contribution in [0.1, 0.15) is 31.3 Å². The highest BCUT2D eigenvalue weighted by Gasteiger charge is 2.10. The SMILES string of the molecule is Cc1cccc2c(=O)[nH]c(CSc3nncn3C(C)C)nc12. The van der Waals surface area contributed by atoms with Crippen LogP contribution >= 0.6 is 11.8 Å². The zero-order chi connectivity index (χ0) is 15.7. The third kappa shape index (κ3) is 2.76. The Hall–Kier alpha value is -2.15. The van der Waals surface area contributed by atoms with Crippen LogP contribution in [0.5, 0.6) is 0 Å². The predicted molar refractivity (Wildman–Crippen MR) is 87.1 cm³/mol. The van der Waals surface area contributed by atoms with Crippen molar-refractivity contribution in [1.82, 2.24) is 24.7 Å². The summed E-state index contributed by atoms with van der Waals surface area (Å²) in [5.41, 5.74) is 1.65. The number of aryl methyl sites for hydroxylation is 1. The lowest BCUT2D eigenvalue weighted by atomic mass is 10.1. The summed E-state index contributed by atoms with van der Waals surface area (Å²) in [5, 5.41) is 9.49. The minimum absolute atomic E-state index is 0.102. The van der Waals surface area contributed by atoms with Gasteiger partial charge >= 0.3 is 0 Å². The maximum absolute atomic E-state index is 12.2. The van der Waals surface area contributed by atoms with Crippen LogP contribution in [0, 0.1) is 6.92 Å². The van der Waals surface area contributed by atoms with Gasteiger partial charge in [-0.3, -0.25) is 4.79 Å². The Morgan fingerprint density at radius 1 is 1.36 bits per heavy atom. The second-order valence-corrected chi connectivity index (χ2v) is 6.33. The molecular formula is C15H17N5OS. The van der Waals surface area contributed by atoms with Gasteiger partial charge in [0.25, 0.3) is 5.56 Å². The monoisotopic (exact) mass is 315 g/mol. The van der Waals surface area contributed by atoms with Gasteiger partial charge in [-0.25, -0.2) is 4.98 Å². The van der Waals surface area contributed by atoms with E-state index in [2.05, 4.69) is 34.0 Å². The van der Waals surface area contributed by atoms with Gasteiger partial charge in [-0.2, -0.15) is 0 Å². The first-order valence-corrected chi connectivity index (χ1v) is 8.05. The number of aromatic nitrogens is 5. The smallest absolute Gasteiger partial charge is 0.258 e. The maximum Gasteiger partial charge on any atom is 0.258 e. The first-order chi connectivity index (χ1) is 10.6. The third-order valence-electron chi connectivity index (χ3n) is 3.42. The molecule has 0 radical (unpaired) electrons. The van der Waals surface area contributed by atoms with E-state index in [-0.39, 0.29) is 5.56 Å². The predicted octanol–water partition coefficient (Wildman–Crippen LogP) is 2.70. The number of nitrogens with zero attached hydrogens (tertiary/aromatic N) is 4. The van der Waals surface area contributed by atoms with Crippen LogP contribution in [-0.4, -0.2) is 24.7 Å². The van der Waals surface area contributed by atoms with E-state index in [9.17, 15) is 4.79 Å². The van der Waals surface area contributed by atoms with E-state index in [4.69, 9.17) is 0 Å². The van der Waals surface area contributed by atoms with Crippen LogP contribution in [0.2, 0.25) is 0 Å². The minimum atomic E-state index is -0.102. The fraction of sp³-hybridized carbons (Fsp3) is 0.333. The number of nitrogens with one attached hydrogen (secondary N) is 1. The first-order valence-electron chi connectivity index (χ1n) is 7.07. The molecule has 0 saturated carbocycles. The molecule has 3 aromatic rings. The molecule has 0 unspecified atom stereocenters. The molecule has 114 valence electrons. The lowest BCUT2D eigenvalue weighted by molar-refractivity contribution is 0.549. The van der Waals surface area contributed by atoms with E-state index in [1.54, 1.807) is 12.4 Å². The fourth-order valence-electron chi connectivity index (χ4n) is 2.24. The Morgan fingerprint density at radius 3 is 2.95 bits per heavy atom. The Balaban J connectivity index is 1.90. The highest BCUT2D eigenvalue weighted by Crippen LogP contribution is 2.22. The lowest BCUT2D eigenvalue weighted by Crippen LogP contribution is -2.12. The molecule has 2 aromatic heterocycles. The van der Waals surface area contributed by atoms with Crippen LogP contribution < -0.4 is 5.56 Å². The summed E-state index contributed by atoms with van der Waals surface area (Å²) in [4.78, 5) is 19.6. The molecule has 1 N–H and O–H groups in total. The number of H-pyrrole nitrogens is 1. The van der Waals surface area contributed by atoms with Crippen LogP contribution in [-0.2, 0) is 5.75 Å². The zero-order valence-electron chi connectivity index (χ0n) is 12.7. The summed E-state index contributed by atoms with van der Waals surface area (Å²) in [6.07, 6.45) is 1.72. The molecule has 3 rings (SSSR count). The Morgan fingerprint density at radius 2 is 2.18 bits per heavy atom. The largest absolute Gasteiger partial charge is 0.309 e. The van der Waals surface area contributed by atoms with Gasteiger partial charge in [-0.1, -0.05) is 23.9 Å². The number of hydrogen-bond acceptors (Lipinski definition) is 5. The molecule has 2 heterocycles. The molecule has 0 aliphatic rings. The minimum Gasteiger partial charge on any atom is -0.309 e. The molecule has 0 saturated heterocycles. The zero-order valence-corrected chi connectivity index (χ0v) is 13.5. The highest BCUT2D eigenvalue weighted by molar-refractivity contribution is 7.98. The number of fused-ring (bicyclic) bond motifs is 1. The van der Waals surface area contributed by atoms with Crippen LogP contribution in [0.15, 0.2) is 34.5 Å². The van der Waals surface area contributed by atoms with Gasteiger partial charge < -0.3 is 9.55 Å². The molecule has 0 spiro atoms. The summed E-state index contributed by atoms with van der Waals surface area (Å²) >= 11 is 1.51. The van der Waals surface area contributed by atoms with Crippen LogP contribution in [0.3, 0.4) is 0 Å². The van der Waals surface area contributed by atoms with E-state index < -0.39 is 0 Å². The summed E-state index contributed by atoms with van der Waals surface area (Å²) in [6, 6.07) is 5.92. The summed E-state index contributed by atoms with van der Waals surface area (Å²) in [7, 11) is 0. The molecule has 0 aliphatic heterocycles. The average molecular weight is 315 g/mol. The van der Waals surface area contributed by atoms with Gasteiger partial charge in [0.15, 0.2) is 5.16 Å². The van der Waals surface area contributed by atoms with Gasteiger partial charge in [0, 0.05) is 6.04 Å². The molecule has 0 atom stereocenters. The van der Waals surface area contributed by atoms with Crippen molar-refractivity contribution in [2.75, 3.05) is 0 Å². The van der Waals surface area contributed by atoms with Gasteiger partial charge in [0.2, 0.25) is 0 Å².